The summed E-state index contributed by atoms with van der Waals surface area (Å²) < 4.78 is 10.5. The lowest BCUT2D eigenvalue weighted by Gasteiger charge is -2.13. The first kappa shape index (κ1) is 26.3. The van der Waals surface area contributed by atoms with Gasteiger partial charge in [0.15, 0.2) is 0 Å². The van der Waals surface area contributed by atoms with E-state index in [1.54, 1.807) is 12.3 Å². The highest BCUT2D eigenvalue weighted by molar-refractivity contribution is 14.1. The van der Waals surface area contributed by atoms with E-state index in [2.05, 4.69) is 110 Å². The van der Waals surface area contributed by atoms with E-state index in [9.17, 15) is 4.79 Å². The lowest BCUT2D eigenvalue weighted by Crippen LogP contribution is -2.22. The zero-order valence-electron chi connectivity index (χ0n) is 19.9. The van der Waals surface area contributed by atoms with Gasteiger partial charge in [0.2, 0.25) is 0 Å². The van der Waals surface area contributed by atoms with Gasteiger partial charge < -0.3 is 4.74 Å². The summed E-state index contributed by atoms with van der Waals surface area (Å²) >= 11 is 8.03. The van der Waals surface area contributed by atoms with Crippen molar-refractivity contribution in [3.8, 4) is 5.75 Å². The maximum Gasteiger partial charge on any atom is 0.282 e. The summed E-state index contributed by atoms with van der Waals surface area (Å²) in [6, 6.07) is 24.2. The van der Waals surface area contributed by atoms with Crippen LogP contribution in [0, 0.1) is 7.14 Å². The van der Waals surface area contributed by atoms with E-state index >= 15 is 0 Å². The van der Waals surface area contributed by atoms with Crippen molar-refractivity contribution in [2.45, 2.75) is 26.4 Å². The number of nitrogens with zero attached hydrogens (tertiary/aromatic N) is 3. The standard InChI is InChI=1S/C29H22BrI2N3O2/c1-2-6-27-34-26-12-11-21(30)15-23(26)29(36)35(27)33-16-18-13-24(31)28(25(32)14-18)37-17-20-9-5-8-19-7-3-4-10-22(19)20/h3-5,7-16H,2,6,17H2,1H3. The molecule has 1 aromatic heterocycles. The minimum atomic E-state index is -0.176. The van der Waals surface area contributed by atoms with Gasteiger partial charge in [-0.25, -0.2) is 4.98 Å². The molecule has 186 valence electrons. The van der Waals surface area contributed by atoms with Crippen LogP contribution < -0.4 is 10.3 Å². The molecule has 0 aliphatic heterocycles. The fourth-order valence-electron chi connectivity index (χ4n) is 4.18. The number of ether oxygens (including phenoxy) is 1. The second-order valence-corrected chi connectivity index (χ2v) is 11.8. The maximum absolute atomic E-state index is 13.3. The molecule has 0 atom stereocenters. The second kappa shape index (κ2) is 11.6. The summed E-state index contributed by atoms with van der Waals surface area (Å²) in [6.45, 7) is 2.54. The van der Waals surface area contributed by atoms with Crippen molar-refractivity contribution in [3.05, 3.63) is 112 Å². The summed E-state index contributed by atoms with van der Waals surface area (Å²) in [5.41, 5.74) is 2.54. The normalized spacial score (nSPS) is 11.6. The van der Waals surface area contributed by atoms with E-state index in [4.69, 9.17) is 9.72 Å². The van der Waals surface area contributed by atoms with Gasteiger partial charge in [0.25, 0.3) is 5.56 Å². The van der Waals surface area contributed by atoms with E-state index in [-0.39, 0.29) is 5.56 Å². The summed E-state index contributed by atoms with van der Waals surface area (Å²) in [6.07, 6.45) is 3.24. The van der Waals surface area contributed by atoms with Crippen molar-refractivity contribution in [1.82, 2.24) is 9.66 Å². The molecule has 0 radical (unpaired) electrons. The third-order valence-electron chi connectivity index (χ3n) is 5.94. The van der Waals surface area contributed by atoms with Gasteiger partial charge in [-0.3, -0.25) is 4.79 Å². The molecule has 1 heterocycles. The van der Waals surface area contributed by atoms with Crippen molar-refractivity contribution < 1.29 is 4.74 Å². The fraction of sp³-hybridized carbons (Fsp3) is 0.138. The Hall–Kier alpha value is -2.31. The Morgan fingerprint density at radius 1 is 1.00 bits per heavy atom. The number of rotatable bonds is 7. The number of aromatic nitrogens is 2. The molecule has 8 heteroatoms. The number of halogens is 3. The molecule has 0 saturated carbocycles. The Labute approximate surface area is 250 Å². The Morgan fingerprint density at radius 2 is 1.76 bits per heavy atom. The highest BCUT2D eigenvalue weighted by Crippen LogP contribution is 2.30. The Bertz CT molecular complexity index is 1690. The van der Waals surface area contributed by atoms with E-state index in [0.717, 1.165) is 34.9 Å². The Morgan fingerprint density at radius 3 is 2.54 bits per heavy atom. The molecule has 0 fully saturated rings. The predicted octanol–water partition coefficient (Wildman–Crippen LogP) is 7.94. The number of hydrogen-bond acceptors (Lipinski definition) is 4. The Balaban J connectivity index is 1.44. The molecule has 5 nitrogen and oxygen atoms in total. The van der Waals surface area contributed by atoms with Crippen LogP contribution in [0.1, 0.15) is 30.3 Å². The summed E-state index contributed by atoms with van der Waals surface area (Å²) in [7, 11) is 0. The average molecular weight is 778 g/mol. The van der Waals surface area contributed by atoms with Crippen LogP contribution in [0.4, 0.5) is 0 Å². The van der Waals surface area contributed by atoms with E-state index < -0.39 is 0 Å². The monoisotopic (exact) mass is 777 g/mol. The molecule has 4 aromatic carbocycles. The molecule has 0 aliphatic rings. The summed E-state index contributed by atoms with van der Waals surface area (Å²) in [4.78, 5) is 18.0. The van der Waals surface area contributed by atoms with Crippen molar-refractivity contribution in [2.24, 2.45) is 5.10 Å². The zero-order valence-corrected chi connectivity index (χ0v) is 25.8. The topological polar surface area (TPSA) is 56.5 Å². The Kier molecular flexibility index (Phi) is 8.25. The van der Waals surface area contributed by atoms with Crippen LogP contribution in [0.3, 0.4) is 0 Å². The third-order valence-corrected chi connectivity index (χ3v) is 8.04. The van der Waals surface area contributed by atoms with Gasteiger partial charge in [0.1, 0.15) is 18.2 Å². The molecule has 5 rings (SSSR count). The van der Waals surface area contributed by atoms with Gasteiger partial charge in [0, 0.05) is 10.9 Å². The highest BCUT2D eigenvalue weighted by Gasteiger charge is 2.12. The van der Waals surface area contributed by atoms with Gasteiger partial charge in [-0.2, -0.15) is 9.78 Å². The minimum absolute atomic E-state index is 0.176. The van der Waals surface area contributed by atoms with Crippen molar-refractivity contribution in [1.29, 1.82) is 0 Å². The van der Waals surface area contributed by atoms with Gasteiger partial charge in [0.05, 0.1) is 24.3 Å². The molecule has 0 unspecified atom stereocenters. The van der Waals surface area contributed by atoms with Crippen LogP contribution in [0.2, 0.25) is 0 Å². The number of aryl methyl sites for hydroxylation is 1. The van der Waals surface area contributed by atoms with Crippen molar-refractivity contribution in [3.63, 3.8) is 0 Å². The van der Waals surface area contributed by atoms with Gasteiger partial charge in [-0.1, -0.05) is 65.3 Å². The molecule has 5 aromatic rings. The maximum atomic E-state index is 13.3. The summed E-state index contributed by atoms with van der Waals surface area (Å²) in [5, 5.41) is 7.50. The SMILES string of the molecule is CCCc1nc2ccc(Br)cc2c(=O)n1N=Cc1cc(I)c(OCc2cccc3ccccc23)c(I)c1. The average Bonchev–Trinajstić information content (AvgIpc) is 2.89. The van der Waals surface area contributed by atoms with E-state index in [1.165, 1.54) is 15.4 Å². The first-order valence-electron chi connectivity index (χ1n) is 11.8. The van der Waals surface area contributed by atoms with Gasteiger partial charge in [-0.15, -0.1) is 0 Å². The molecule has 0 spiro atoms. The van der Waals surface area contributed by atoms with Crippen LogP contribution in [-0.4, -0.2) is 15.9 Å². The largest absolute Gasteiger partial charge is 0.487 e. The lowest BCUT2D eigenvalue weighted by atomic mass is 10.1. The van der Waals surface area contributed by atoms with Crippen LogP contribution in [0.5, 0.6) is 5.75 Å². The molecule has 0 aliphatic carbocycles. The van der Waals surface area contributed by atoms with Crippen LogP contribution in [-0.2, 0) is 13.0 Å². The summed E-state index contributed by atoms with van der Waals surface area (Å²) in [5.74, 6) is 1.49. The van der Waals surface area contributed by atoms with Crippen LogP contribution >= 0.6 is 61.1 Å². The first-order chi connectivity index (χ1) is 17.9. The minimum Gasteiger partial charge on any atom is -0.487 e. The molecular formula is C29H22BrI2N3O2. The van der Waals surface area contributed by atoms with E-state index in [0.29, 0.717) is 29.8 Å². The molecule has 0 amide bonds. The quantitative estimate of drug-likeness (QED) is 0.125. The molecule has 37 heavy (non-hydrogen) atoms. The van der Waals surface area contributed by atoms with Crippen molar-refractivity contribution in [2.75, 3.05) is 0 Å². The van der Waals surface area contributed by atoms with Crippen LogP contribution in [0.25, 0.3) is 21.7 Å². The zero-order chi connectivity index (χ0) is 25.9. The van der Waals surface area contributed by atoms with Gasteiger partial charge in [-0.05, 0) is 104 Å². The van der Waals surface area contributed by atoms with Crippen molar-refractivity contribution >= 4 is 89.0 Å². The van der Waals surface area contributed by atoms with Gasteiger partial charge >= 0.3 is 0 Å². The molecular weight excluding hydrogens is 756 g/mol. The predicted molar refractivity (Wildman–Crippen MR) is 171 cm³/mol. The van der Waals surface area contributed by atoms with Crippen LogP contribution in [0.15, 0.2) is 87.2 Å². The fourth-order valence-corrected chi connectivity index (χ4v) is 6.67. The smallest absolute Gasteiger partial charge is 0.282 e. The van der Waals surface area contributed by atoms with E-state index in [1.807, 2.05) is 30.3 Å². The first-order valence-corrected chi connectivity index (χ1v) is 14.7. The number of benzene rings is 4. The highest BCUT2D eigenvalue weighted by atomic mass is 127. The second-order valence-electron chi connectivity index (χ2n) is 8.54. The molecule has 0 saturated heterocycles. The lowest BCUT2D eigenvalue weighted by molar-refractivity contribution is 0.303. The number of fused-ring (bicyclic) bond motifs is 2. The number of hydrogen-bond donors (Lipinski definition) is 0. The third kappa shape index (κ3) is 5.75. The molecule has 0 bridgehead atoms. The molecule has 0 N–H and O–H groups in total.